The molecule has 5 rings (SSSR count). The minimum atomic E-state index is 0.484. The molecule has 0 amide bonds. The molecule has 1 aliphatic heterocycles. The third-order valence-corrected chi connectivity index (χ3v) is 6.70. The predicted octanol–water partition coefficient (Wildman–Crippen LogP) is 3.65. The average molecular weight is 379 g/mol. The molecular formula is C20H22N6S. The molecule has 138 valence electrons. The zero-order chi connectivity index (χ0) is 18.1. The van der Waals surface area contributed by atoms with Crippen LogP contribution in [0.4, 0.5) is 5.95 Å². The van der Waals surface area contributed by atoms with E-state index in [4.69, 9.17) is 9.97 Å². The van der Waals surface area contributed by atoms with Crippen LogP contribution in [-0.4, -0.2) is 38.0 Å². The maximum atomic E-state index is 5.00. The Morgan fingerprint density at radius 1 is 0.963 bits per heavy atom. The normalized spacial score (nSPS) is 19.7. The van der Waals surface area contributed by atoms with Gasteiger partial charge in [0.2, 0.25) is 5.95 Å². The summed E-state index contributed by atoms with van der Waals surface area (Å²) in [6, 6.07) is 1.89. The van der Waals surface area contributed by atoms with Crippen molar-refractivity contribution in [1.29, 1.82) is 0 Å². The van der Waals surface area contributed by atoms with Crippen molar-refractivity contribution >= 4 is 17.3 Å². The van der Waals surface area contributed by atoms with Gasteiger partial charge in [-0.25, -0.2) is 15.0 Å². The van der Waals surface area contributed by atoms with Crippen LogP contribution in [0.3, 0.4) is 0 Å². The molecule has 6 nitrogen and oxygen atoms in total. The summed E-state index contributed by atoms with van der Waals surface area (Å²) in [6.45, 7) is 1.93. The van der Waals surface area contributed by atoms with E-state index in [9.17, 15) is 0 Å². The number of aryl methyl sites for hydroxylation is 2. The highest BCUT2D eigenvalue weighted by Gasteiger charge is 2.27. The van der Waals surface area contributed by atoms with Crippen LogP contribution < -0.4 is 4.90 Å². The molecule has 0 N–H and O–H groups in total. The molecule has 1 atom stereocenters. The van der Waals surface area contributed by atoms with E-state index in [-0.39, 0.29) is 0 Å². The number of aromatic nitrogens is 5. The molecule has 4 heterocycles. The number of thiazole rings is 1. The molecule has 0 radical (unpaired) electrons. The van der Waals surface area contributed by atoms with Gasteiger partial charge in [-0.2, -0.15) is 0 Å². The fraction of sp³-hybridized carbons (Fsp3) is 0.450. The standard InChI is InChI=1S/C20H22N6S/c1-2-6-18-16(5-1)24-19(27-18)14-4-3-11-26(13-14)20-23-8-7-15(25-20)17-12-21-9-10-22-17/h7-10,12,14H,1-6,11,13H2. The van der Waals surface area contributed by atoms with Crippen molar-refractivity contribution in [2.45, 2.75) is 44.4 Å². The summed E-state index contributed by atoms with van der Waals surface area (Å²) in [5.74, 6) is 1.27. The van der Waals surface area contributed by atoms with Crippen LogP contribution in [0.25, 0.3) is 11.4 Å². The fourth-order valence-corrected chi connectivity index (χ4v) is 5.26. The Balaban J connectivity index is 1.37. The van der Waals surface area contributed by atoms with Gasteiger partial charge in [-0.15, -0.1) is 11.3 Å². The van der Waals surface area contributed by atoms with Crippen molar-refractivity contribution in [3.8, 4) is 11.4 Å². The highest BCUT2D eigenvalue weighted by Crippen LogP contribution is 2.35. The Morgan fingerprint density at radius 2 is 1.93 bits per heavy atom. The topological polar surface area (TPSA) is 67.7 Å². The number of rotatable bonds is 3. The van der Waals surface area contributed by atoms with Gasteiger partial charge in [-0.05, 0) is 44.6 Å². The van der Waals surface area contributed by atoms with E-state index in [2.05, 4.69) is 19.9 Å². The zero-order valence-electron chi connectivity index (χ0n) is 15.2. The van der Waals surface area contributed by atoms with Crippen LogP contribution in [0.2, 0.25) is 0 Å². The Bertz CT molecular complexity index is 902. The molecule has 1 unspecified atom stereocenters. The summed E-state index contributed by atoms with van der Waals surface area (Å²) >= 11 is 1.94. The highest BCUT2D eigenvalue weighted by atomic mass is 32.1. The third-order valence-electron chi connectivity index (χ3n) is 5.38. The minimum Gasteiger partial charge on any atom is -0.340 e. The van der Waals surface area contributed by atoms with Crippen LogP contribution >= 0.6 is 11.3 Å². The molecule has 3 aromatic heterocycles. The van der Waals surface area contributed by atoms with E-state index in [1.165, 1.54) is 41.3 Å². The summed E-state index contributed by atoms with van der Waals surface area (Å²) in [7, 11) is 0. The van der Waals surface area contributed by atoms with Crippen LogP contribution in [0.1, 0.15) is 47.2 Å². The van der Waals surface area contributed by atoms with E-state index in [0.717, 1.165) is 43.3 Å². The molecule has 7 heteroatoms. The van der Waals surface area contributed by atoms with Crippen molar-refractivity contribution in [2.24, 2.45) is 0 Å². The van der Waals surface area contributed by atoms with Gasteiger partial charge < -0.3 is 4.90 Å². The smallest absolute Gasteiger partial charge is 0.225 e. The molecule has 0 bridgehead atoms. The van der Waals surface area contributed by atoms with Crippen molar-refractivity contribution in [2.75, 3.05) is 18.0 Å². The van der Waals surface area contributed by atoms with E-state index < -0.39 is 0 Å². The zero-order valence-corrected chi connectivity index (χ0v) is 16.0. The quantitative estimate of drug-likeness (QED) is 0.693. The first-order valence-corrected chi connectivity index (χ1v) is 10.5. The largest absolute Gasteiger partial charge is 0.340 e. The first-order valence-electron chi connectivity index (χ1n) is 9.70. The molecule has 2 aliphatic rings. The third kappa shape index (κ3) is 3.43. The summed E-state index contributed by atoms with van der Waals surface area (Å²) in [5, 5.41) is 1.32. The van der Waals surface area contributed by atoms with Crippen LogP contribution in [0.15, 0.2) is 30.9 Å². The summed E-state index contributed by atoms with van der Waals surface area (Å²) in [6.07, 6.45) is 14.2. The van der Waals surface area contributed by atoms with Gasteiger partial charge in [0.25, 0.3) is 0 Å². The molecule has 0 saturated carbocycles. The number of hydrogen-bond acceptors (Lipinski definition) is 7. The molecule has 1 fully saturated rings. The van der Waals surface area contributed by atoms with Crippen LogP contribution in [0.5, 0.6) is 0 Å². The van der Waals surface area contributed by atoms with Gasteiger partial charge in [0.1, 0.15) is 5.69 Å². The fourth-order valence-electron chi connectivity index (χ4n) is 3.98. The van der Waals surface area contributed by atoms with Crippen molar-refractivity contribution < 1.29 is 0 Å². The summed E-state index contributed by atoms with van der Waals surface area (Å²) in [5.41, 5.74) is 2.96. The Hall–Kier alpha value is -2.41. The van der Waals surface area contributed by atoms with Gasteiger partial charge in [0.15, 0.2) is 0 Å². The van der Waals surface area contributed by atoms with Gasteiger partial charge >= 0.3 is 0 Å². The van der Waals surface area contributed by atoms with E-state index >= 15 is 0 Å². The van der Waals surface area contributed by atoms with Gasteiger partial charge in [-0.1, -0.05) is 0 Å². The molecule has 1 saturated heterocycles. The first-order chi connectivity index (χ1) is 13.4. The van der Waals surface area contributed by atoms with Gasteiger partial charge in [-0.3, -0.25) is 9.97 Å². The maximum Gasteiger partial charge on any atom is 0.225 e. The lowest BCUT2D eigenvalue weighted by Crippen LogP contribution is -2.35. The number of fused-ring (bicyclic) bond motifs is 1. The summed E-state index contributed by atoms with van der Waals surface area (Å²) in [4.78, 5) is 26.6. The molecule has 0 spiro atoms. The molecular weight excluding hydrogens is 356 g/mol. The number of piperidine rings is 1. The van der Waals surface area contributed by atoms with Crippen LogP contribution in [0, 0.1) is 0 Å². The van der Waals surface area contributed by atoms with E-state index in [1.807, 2.05) is 23.6 Å². The number of anilines is 1. The molecule has 1 aliphatic carbocycles. The lowest BCUT2D eigenvalue weighted by atomic mass is 9.98. The molecule has 3 aromatic rings. The van der Waals surface area contributed by atoms with Crippen molar-refractivity contribution in [3.63, 3.8) is 0 Å². The van der Waals surface area contributed by atoms with E-state index in [0.29, 0.717) is 5.92 Å². The lowest BCUT2D eigenvalue weighted by Gasteiger charge is -2.31. The maximum absolute atomic E-state index is 5.00. The predicted molar refractivity (Wildman–Crippen MR) is 106 cm³/mol. The Labute approximate surface area is 162 Å². The highest BCUT2D eigenvalue weighted by molar-refractivity contribution is 7.11. The average Bonchev–Trinajstić information content (AvgIpc) is 3.19. The van der Waals surface area contributed by atoms with Crippen molar-refractivity contribution in [3.05, 3.63) is 46.4 Å². The first kappa shape index (κ1) is 16.7. The lowest BCUT2D eigenvalue weighted by molar-refractivity contribution is 0.501. The monoisotopic (exact) mass is 378 g/mol. The summed E-state index contributed by atoms with van der Waals surface area (Å²) < 4.78 is 0. The van der Waals surface area contributed by atoms with Gasteiger partial charge in [0.05, 0.1) is 22.6 Å². The number of hydrogen-bond donors (Lipinski definition) is 0. The minimum absolute atomic E-state index is 0.484. The second kappa shape index (κ2) is 7.31. The number of nitrogens with zero attached hydrogens (tertiary/aromatic N) is 6. The second-order valence-electron chi connectivity index (χ2n) is 7.25. The molecule has 27 heavy (non-hydrogen) atoms. The Morgan fingerprint density at radius 3 is 2.81 bits per heavy atom. The Kier molecular flexibility index (Phi) is 4.53. The van der Waals surface area contributed by atoms with E-state index in [1.54, 1.807) is 18.6 Å². The van der Waals surface area contributed by atoms with Crippen LogP contribution in [-0.2, 0) is 12.8 Å². The molecule has 0 aromatic carbocycles. The second-order valence-corrected chi connectivity index (χ2v) is 8.36. The SMILES string of the molecule is c1cnc(-c2ccnc(N3CCCC(c4nc5c(s4)CCCC5)C3)n2)cn1. The van der Waals surface area contributed by atoms with Gasteiger partial charge in [0, 0.05) is 42.5 Å². The van der Waals surface area contributed by atoms with Crippen molar-refractivity contribution in [1.82, 2.24) is 24.9 Å².